The lowest BCUT2D eigenvalue weighted by Crippen LogP contribution is -2.26. The van der Waals surface area contributed by atoms with Crippen LogP contribution in [0.2, 0.25) is 0 Å². The van der Waals surface area contributed by atoms with Crippen LogP contribution in [0.5, 0.6) is 0 Å². The highest BCUT2D eigenvalue weighted by Crippen LogP contribution is 2.31. The van der Waals surface area contributed by atoms with Crippen LogP contribution in [-0.2, 0) is 4.74 Å². The highest BCUT2D eigenvalue weighted by atomic mass is 79.9. The molecular formula is C13H23BrO. The van der Waals surface area contributed by atoms with Crippen molar-refractivity contribution in [1.82, 2.24) is 0 Å². The number of hydrogen-bond donors (Lipinski definition) is 0. The summed E-state index contributed by atoms with van der Waals surface area (Å²) in [4.78, 5) is 0.628. The second kappa shape index (κ2) is 6.24. The molecule has 0 heterocycles. The minimum atomic E-state index is 0.509. The van der Waals surface area contributed by atoms with Gasteiger partial charge in [0.05, 0.1) is 12.2 Å². The summed E-state index contributed by atoms with van der Waals surface area (Å²) in [6, 6.07) is 0. The third-order valence-electron chi connectivity index (χ3n) is 3.79. The third kappa shape index (κ3) is 3.74. The maximum Gasteiger partial charge on any atom is 0.0703 e. The van der Waals surface area contributed by atoms with E-state index in [4.69, 9.17) is 4.74 Å². The molecule has 2 aliphatic carbocycles. The van der Waals surface area contributed by atoms with E-state index in [1.165, 1.54) is 64.2 Å². The summed E-state index contributed by atoms with van der Waals surface area (Å²) >= 11 is 3.74. The largest absolute Gasteiger partial charge is 0.374 e. The molecule has 2 atom stereocenters. The molecule has 0 aromatic rings. The van der Waals surface area contributed by atoms with Gasteiger partial charge in [-0.1, -0.05) is 48.0 Å². The standard InChI is InChI=1S/C13H23BrO/c14-12-9-6-10-13(12)15-11-7-4-2-1-3-5-8-11/h11-13H,1-10H2. The van der Waals surface area contributed by atoms with Crippen LogP contribution in [0.25, 0.3) is 0 Å². The summed E-state index contributed by atoms with van der Waals surface area (Å²) in [5.74, 6) is 0. The molecule has 2 aliphatic rings. The summed E-state index contributed by atoms with van der Waals surface area (Å²) in [5, 5.41) is 0. The minimum absolute atomic E-state index is 0.509. The lowest BCUT2D eigenvalue weighted by atomic mass is 9.98. The second-order valence-corrected chi connectivity index (χ2v) is 6.26. The Hall–Kier alpha value is 0.440. The Bertz CT molecular complexity index is 175. The maximum atomic E-state index is 6.25. The Balaban J connectivity index is 1.75. The lowest BCUT2D eigenvalue weighted by Gasteiger charge is -2.25. The zero-order chi connectivity index (χ0) is 10.5. The molecule has 88 valence electrons. The first kappa shape index (κ1) is 11.9. The van der Waals surface area contributed by atoms with Gasteiger partial charge in [0.15, 0.2) is 0 Å². The predicted molar refractivity (Wildman–Crippen MR) is 67.5 cm³/mol. The number of alkyl halides is 1. The minimum Gasteiger partial charge on any atom is -0.374 e. The van der Waals surface area contributed by atoms with Gasteiger partial charge in [-0.05, 0) is 32.1 Å². The molecule has 15 heavy (non-hydrogen) atoms. The first-order chi connectivity index (χ1) is 7.36. The second-order valence-electron chi connectivity index (χ2n) is 5.09. The molecule has 0 bridgehead atoms. The van der Waals surface area contributed by atoms with Gasteiger partial charge in [0.1, 0.15) is 0 Å². The van der Waals surface area contributed by atoms with Crippen molar-refractivity contribution < 1.29 is 4.74 Å². The zero-order valence-electron chi connectivity index (χ0n) is 9.59. The fourth-order valence-electron chi connectivity index (χ4n) is 2.84. The van der Waals surface area contributed by atoms with E-state index in [-0.39, 0.29) is 0 Å². The number of hydrogen-bond acceptors (Lipinski definition) is 1. The quantitative estimate of drug-likeness (QED) is 0.677. The van der Waals surface area contributed by atoms with E-state index in [9.17, 15) is 0 Å². The van der Waals surface area contributed by atoms with Gasteiger partial charge in [0.25, 0.3) is 0 Å². The van der Waals surface area contributed by atoms with Crippen LogP contribution in [0, 0.1) is 0 Å². The van der Waals surface area contributed by atoms with Crippen LogP contribution in [0.15, 0.2) is 0 Å². The van der Waals surface area contributed by atoms with E-state index < -0.39 is 0 Å². The van der Waals surface area contributed by atoms with E-state index in [1.807, 2.05) is 0 Å². The molecule has 0 aromatic carbocycles. The third-order valence-corrected chi connectivity index (χ3v) is 4.84. The van der Waals surface area contributed by atoms with Crippen molar-refractivity contribution in [2.45, 2.75) is 81.2 Å². The first-order valence-corrected chi connectivity index (χ1v) is 7.57. The number of halogens is 1. The van der Waals surface area contributed by atoms with Gasteiger partial charge in [0, 0.05) is 4.83 Å². The van der Waals surface area contributed by atoms with Crippen LogP contribution < -0.4 is 0 Å². The molecule has 0 saturated heterocycles. The van der Waals surface area contributed by atoms with Crippen LogP contribution in [0.4, 0.5) is 0 Å². The summed E-state index contributed by atoms with van der Waals surface area (Å²) < 4.78 is 6.25. The maximum absolute atomic E-state index is 6.25. The molecule has 2 heteroatoms. The molecule has 0 spiro atoms. The summed E-state index contributed by atoms with van der Waals surface area (Å²) in [7, 11) is 0. The van der Waals surface area contributed by atoms with Crippen molar-refractivity contribution in [2.75, 3.05) is 0 Å². The lowest BCUT2D eigenvalue weighted by molar-refractivity contribution is -0.0172. The number of rotatable bonds is 2. The van der Waals surface area contributed by atoms with Gasteiger partial charge in [-0.15, -0.1) is 0 Å². The van der Waals surface area contributed by atoms with Gasteiger partial charge >= 0.3 is 0 Å². The molecule has 2 unspecified atom stereocenters. The van der Waals surface area contributed by atoms with Crippen molar-refractivity contribution in [2.24, 2.45) is 0 Å². The molecule has 2 fully saturated rings. The van der Waals surface area contributed by atoms with Crippen LogP contribution >= 0.6 is 15.9 Å². The Kier molecular flexibility index (Phi) is 4.96. The topological polar surface area (TPSA) is 9.23 Å². The van der Waals surface area contributed by atoms with E-state index in [1.54, 1.807) is 0 Å². The van der Waals surface area contributed by atoms with Crippen molar-refractivity contribution in [3.8, 4) is 0 Å². The first-order valence-electron chi connectivity index (χ1n) is 6.66. The Morgan fingerprint density at radius 1 is 0.733 bits per heavy atom. The van der Waals surface area contributed by atoms with Gasteiger partial charge in [-0.2, -0.15) is 0 Å². The average Bonchev–Trinajstić information content (AvgIpc) is 2.56. The smallest absolute Gasteiger partial charge is 0.0703 e. The number of ether oxygens (including phenoxy) is 1. The van der Waals surface area contributed by atoms with E-state index >= 15 is 0 Å². The highest BCUT2D eigenvalue weighted by molar-refractivity contribution is 9.09. The average molecular weight is 275 g/mol. The molecule has 0 amide bonds. The Morgan fingerprint density at radius 3 is 2.00 bits per heavy atom. The molecule has 0 N–H and O–H groups in total. The Labute approximate surface area is 102 Å². The SMILES string of the molecule is BrC1CCCC1OC1CCCCCCC1. The summed E-state index contributed by atoms with van der Waals surface area (Å²) in [6.07, 6.45) is 14.6. The fourth-order valence-corrected chi connectivity index (χ4v) is 3.55. The van der Waals surface area contributed by atoms with Crippen LogP contribution in [-0.4, -0.2) is 17.0 Å². The van der Waals surface area contributed by atoms with Gasteiger partial charge < -0.3 is 4.74 Å². The highest BCUT2D eigenvalue weighted by Gasteiger charge is 2.28. The normalized spacial score (nSPS) is 35.0. The molecule has 0 aliphatic heterocycles. The van der Waals surface area contributed by atoms with Crippen molar-refractivity contribution in [3.05, 3.63) is 0 Å². The molecule has 2 rings (SSSR count). The molecule has 0 radical (unpaired) electrons. The summed E-state index contributed by atoms with van der Waals surface area (Å²) in [5.41, 5.74) is 0. The van der Waals surface area contributed by atoms with Gasteiger partial charge in [0.2, 0.25) is 0 Å². The Morgan fingerprint density at radius 2 is 1.40 bits per heavy atom. The van der Waals surface area contributed by atoms with Crippen LogP contribution in [0.1, 0.15) is 64.2 Å². The van der Waals surface area contributed by atoms with Gasteiger partial charge in [-0.25, -0.2) is 0 Å². The van der Waals surface area contributed by atoms with Gasteiger partial charge in [-0.3, -0.25) is 0 Å². The van der Waals surface area contributed by atoms with Crippen molar-refractivity contribution >= 4 is 15.9 Å². The molecule has 1 nitrogen and oxygen atoms in total. The monoisotopic (exact) mass is 274 g/mol. The predicted octanol–water partition coefficient (Wildman–Crippen LogP) is 4.43. The van der Waals surface area contributed by atoms with Crippen LogP contribution in [0.3, 0.4) is 0 Å². The van der Waals surface area contributed by atoms with E-state index in [2.05, 4.69) is 15.9 Å². The van der Waals surface area contributed by atoms with Crippen molar-refractivity contribution in [1.29, 1.82) is 0 Å². The molecule has 0 aromatic heterocycles. The van der Waals surface area contributed by atoms with E-state index in [0.29, 0.717) is 17.0 Å². The zero-order valence-corrected chi connectivity index (χ0v) is 11.2. The fraction of sp³-hybridized carbons (Fsp3) is 1.00. The van der Waals surface area contributed by atoms with Crippen molar-refractivity contribution in [3.63, 3.8) is 0 Å². The molecular weight excluding hydrogens is 252 g/mol. The summed E-state index contributed by atoms with van der Waals surface area (Å²) in [6.45, 7) is 0. The van der Waals surface area contributed by atoms with E-state index in [0.717, 1.165) is 0 Å². The molecule has 2 saturated carbocycles.